The molecule has 13 heteroatoms. The number of aliphatic hydroxyl groups is 2. The zero-order valence-corrected chi connectivity index (χ0v) is 20.0. The lowest BCUT2D eigenvalue weighted by atomic mass is 10.1. The van der Waals surface area contributed by atoms with Gasteiger partial charge in [-0.1, -0.05) is 36.8 Å². The van der Waals surface area contributed by atoms with Crippen LogP contribution in [0, 0.1) is 0 Å². The van der Waals surface area contributed by atoms with E-state index >= 15 is 0 Å². The van der Waals surface area contributed by atoms with Crippen molar-refractivity contribution in [3.05, 3.63) is 47.5 Å². The summed E-state index contributed by atoms with van der Waals surface area (Å²) in [6.45, 7) is 1.98. The summed E-state index contributed by atoms with van der Waals surface area (Å²) in [5.41, 5.74) is 1.81. The van der Waals surface area contributed by atoms with Gasteiger partial charge in [0.25, 0.3) is 0 Å². The Bertz CT molecular complexity index is 1180. The summed E-state index contributed by atoms with van der Waals surface area (Å²) in [6.07, 6.45) is -1.84. The number of unbranched alkanes of at least 4 members (excludes halogenated alkanes) is 1. The van der Waals surface area contributed by atoms with Crippen molar-refractivity contribution >= 4 is 36.2 Å². The minimum absolute atomic E-state index is 0.0148. The van der Waals surface area contributed by atoms with E-state index in [2.05, 4.69) is 20.3 Å². The lowest BCUT2D eigenvalue weighted by Crippen LogP contribution is -2.31. The number of hydrogen-bond acceptors (Lipinski definition) is 8. The van der Waals surface area contributed by atoms with Crippen molar-refractivity contribution in [2.24, 2.45) is 0 Å². The summed E-state index contributed by atoms with van der Waals surface area (Å²) >= 11 is 6.18. The molecule has 0 amide bonds. The summed E-state index contributed by atoms with van der Waals surface area (Å²) < 4.78 is 18.4. The number of rotatable bonds is 9. The van der Waals surface area contributed by atoms with Gasteiger partial charge in [-0.3, -0.25) is 9.13 Å². The van der Waals surface area contributed by atoms with E-state index in [-0.39, 0.29) is 23.9 Å². The van der Waals surface area contributed by atoms with E-state index in [4.69, 9.17) is 26.1 Å². The summed E-state index contributed by atoms with van der Waals surface area (Å²) in [5, 5.41) is 24.4. The average molecular weight is 512 g/mol. The lowest BCUT2D eigenvalue weighted by Gasteiger charge is -2.18. The molecule has 1 aliphatic rings. The summed E-state index contributed by atoms with van der Waals surface area (Å²) in [4.78, 5) is 30.9. The van der Waals surface area contributed by atoms with Crippen LogP contribution in [0.1, 0.15) is 44.0 Å². The Labute approximate surface area is 200 Å². The first-order chi connectivity index (χ1) is 16.1. The van der Waals surface area contributed by atoms with Gasteiger partial charge in [-0.05, 0) is 36.9 Å². The third kappa shape index (κ3) is 5.58. The number of fused-ring (bicyclic) bond motifs is 1. The molecule has 1 aliphatic heterocycles. The number of nitrogens with zero attached hydrogens (tertiary/aromatic N) is 4. The SMILES string of the molecule is C[C@H](Nc1nc(Cl)nc2c1ncn2[C@@H]1O[C@H](CCCCP(=O)(O)O)C(O)[C@@H]1O)c1ccccc1. The molecule has 0 bridgehead atoms. The van der Waals surface area contributed by atoms with Crippen LogP contribution in [0.2, 0.25) is 5.28 Å². The Balaban J connectivity index is 1.52. The van der Waals surface area contributed by atoms with Gasteiger partial charge in [0, 0.05) is 6.16 Å². The standard InChI is InChI=1S/C21H27ClN5O6P/c1-12(13-7-3-2-4-8-13)24-18-15-19(26-21(22)25-18)27(11-23-15)20-17(29)16(28)14(33-20)9-5-6-10-34(30,31)32/h2-4,7-8,11-12,14,16-17,20,28-29H,5-6,9-10H2,1H3,(H,24,25,26)(H2,30,31,32)/t12-,14+,16?,17-,20+/m0/s1. The molecule has 1 saturated heterocycles. The summed E-state index contributed by atoms with van der Waals surface area (Å²) in [6, 6.07) is 9.70. The van der Waals surface area contributed by atoms with E-state index in [1.54, 1.807) is 0 Å². The fourth-order valence-electron chi connectivity index (χ4n) is 4.07. The topological polar surface area (TPSA) is 163 Å². The van der Waals surface area contributed by atoms with Crippen molar-refractivity contribution in [2.45, 2.75) is 56.8 Å². The van der Waals surface area contributed by atoms with Gasteiger partial charge in [0.1, 0.15) is 12.2 Å². The van der Waals surface area contributed by atoms with Crippen molar-refractivity contribution in [2.75, 3.05) is 11.5 Å². The van der Waals surface area contributed by atoms with Crippen LogP contribution in [0.15, 0.2) is 36.7 Å². The van der Waals surface area contributed by atoms with Crippen LogP contribution in [0.3, 0.4) is 0 Å². The zero-order valence-electron chi connectivity index (χ0n) is 18.4. The molecule has 3 heterocycles. The number of aromatic nitrogens is 4. The quantitative estimate of drug-likeness (QED) is 0.164. The van der Waals surface area contributed by atoms with Gasteiger partial charge >= 0.3 is 7.60 Å². The van der Waals surface area contributed by atoms with E-state index in [9.17, 15) is 14.8 Å². The van der Waals surface area contributed by atoms with Crippen molar-refractivity contribution in [1.82, 2.24) is 19.5 Å². The highest BCUT2D eigenvalue weighted by Gasteiger charge is 2.44. The van der Waals surface area contributed by atoms with Gasteiger partial charge in [-0.2, -0.15) is 9.97 Å². The highest BCUT2D eigenvalue weighted by atomic mass is 35.5. The predicted molar refractivity (Wildman–Crippen MR) is 125 cm³/mol. The van der Waals surface area contributed by atoms with E-state index in [0.29, 0.717) is 29.8 Å². The Morgan fingerprint density at radius 3 is 2.62 bits per heavy atom. The Morgan fingerprint density at radius 1 is 1.18 bits per heavy atom. The van der Waals surface area contributed by atoms with Gasteiger partial charge in [0.2, 0.25) is 5.28 Å². The number of anilines is 1. The first-order valence-corrected chi connectivity index (χ1v) is 13.1. The van der Waals surface area contributed by atoms with Gasteiger partial charge < -0.3 is 30.1 Å². The lowest BCUT2D eigenvalue weighted by molar-refractivity contribution is -0.0373. The van der Waals surface area contributed by atoms with Gasteiger partial charge in [-0.15, -0.1) is 0 Å². The van der Waals surface area contributed by atoms with Crippen LogP contribution in [0.25, 0.3) is 11.2 Å². The van der Waals surface area contributed by atoms with Crippen LogP contribution in [-0.4, -0.2) is 64.0 Å². The zero-order chi connectivity index (χ0) is 24.5. The van der Waals surface area contributed by atoms with E-state index in [0.717, 1.165) is 5.56 Å². The molecule has 11 nitrogen and oxygen atoms in total. The van der Waals surface area contributed by atoms with Crippen LogP contribution in [-0.2, 0) is 9.30 Å². The molecule has 184 valence electrons. The second kappa shape index (κ2) is 10.2. The highest BCUT2D eigenvalue weighted by molar-refractivity contribution is 7.51. The molecular weight excluding hydrogens is 485 g/mol. The molecule has 5 atom stereocenters. The second-order valence-corrected chi connectivity index (χ2v) is 10.5. The number of halogens is 1. The van der Waals surface area contributed by atoms with Gasteiger partial charge in [0.15, 0.2) is 23.2 Å². The van der Waals surface area contributed by atoms with E-state index in [1.165, 1.54) is 10.9 Å². The molecule has 1 aromatic carbocycles. The van der Waals surface area contributed by atoms with Crippen LogP contribution >= 0.6 is 19.2 Å². The van der Waals surface area contributed by atoms with Crippen molar-refractivity contribution < 1.29 is 29.3 Å². The van der Waals surface area contributed by atoms with Crippen LogP contribution in [0.5, 0.6) is 0 Å². The maximum atomic E-state index is 11.0. The summed E-state index contributed by atoms with van der Waals surface area (Å²) in [5.74, 6) is 0.423. The Kier molecular flexibility index (Phi) is 7.54. The minimum Gasteiger partial charge on any atom is -0.388 e. The van der Waals surface area contributed by atoms with Crippen molar-refractivity contribution in [3.8, 4) is 0 Å². The molecule has 3 aromatic rings. The first kappa shape index (κ1) is 25.0. The smallest absolute Gasteiger partial charge is 0.325 e. The summed E-state index contributed by atoms with van der Waals surface area (Å²) in [7, 11) is -4.07. The molecule has 0 spiro atoms. The molecule has 1 unspecified atom stereocenters. The fourth-order valence-corrected chi connectivity index (χ4v) is 4.87. The molecule has 0 radical (unpaired) electrons. The normalized spacial score (nSPS) is 23.9. The monoisotopic (exact) mass is 511 g/mol. The van der Waals surface area contributed by atoms with E-state index in [1.807, 2.05) is 37.3 Å². The van der Waals surface area contributed by atoms with Gasteiger partial charge in [-0.25, -0.2) is 4.98 Å². The molecule has 2 aromatic heterocycles. The molecule has 34 heavy (non-hydrogen) atoms. The van der Waals surface area contributed by atoms with E-state index < -0.39 is 32.1 Å². The Hall–Kier alpha value is -2.11. The number of ether oxygens (including phenoxy) is 1. The molecule has 0 saturated carbocycles. The third-order valence-corrected chi connectivity index (χ3v) is 6.91. The number of hydrogen-bond donors (Lipinski definition) is 5. The fraction of sp³-hybridized carbons (Fsp3) is 0.476. The average Bonchev–Trinajstić information content (AvgIpc) is 3.32. The first-order valence-electron chi connectivity index (χ1n) is 10.9. The molecule has 5 N–H and O–H groups in total. The predicted octanol–water partition coefficient (Wildman–Crippen LogP) is 2.62. The van der Waals surface area contributed by atoms with Crippen molar-refractivity contribution in [1.29, 1.82) is 0 Å². The van der Waals surface area contributed by atoms with Crippen molar-refractivity contribution in [3.63, 3.8) is 0 Å². The van der Waals surface area contributed by atoms with Crippen LogP contribution in [0.4, 0.5) is 5.82 Å². The van der Waals surface area contributed by atoms with Gasteiger partial charge in [0.05, 0.1) is 18.5 Å². The maximum absolute atomic E-state index is 11.0. The molecule has 0 aliphatic carbocycles. The molecule has 1 fully saturated rings. The number of nitrogens with one attached hydrogen (secondary N) is 1. The number of aliphatic hydroxyl groups excluding tert-OH is 2. The highest BCUT2D eigenvalue weighted by Crippen LogP contribution is 2.37. The molecule has 4 rings (SSSR count). The Morgan fingerprint density at radius 2 is 1.91 bits per heavy atom. The second-order valence-electron chi connectivity index (χ2n) is 8.37. The number of benzene rings is 1. The largest absolute Gasteiger partial charge is 0.388 e. The maximum Gasteiger partial charge on any atom is 0.325 e. The minimum atomic E-state index is -4.07. The number of imidazole rings is 1. The molecular formula is C21H27ClN5O6P. The third-order valence-electron chi connectivity index (χ3n) is 5.85. The van der Waals surface area contributed by atoms with Crippen LogP contribution < -0.4 is 5.32 Å².